The molecule has 1 aliphatic heterocycles. The molecule has 1 unspecified atom stereocenters. The number of piperidine rings is 1. The first kappa shape index (κ1) is 26.3. The summed E-state index contributed by atoms with van der Waals surface area (Å²) in [6.07, 6.45) is 3.08. The lowest BCUT2D eigenvalue weighted by atomic mass is 9.87. The topological polar surface area (TPSA) is 143 Å². The number of hydrogen-bond acceptors (Lipinski definition) is 9. The van der Waals surface area contributed by atoms with Crippen LogP contribution in [0.1, 0.15) is 49.7 Å². The summed E-state index contributed by atoms with van der Waals surface area (Å²) in [5.74, 6) is -0.217. The first-order chi connectivity index (χ1) is 17.4. The van der Waals surface area contributed by atoms with E-state index in [4.69, 9.17) is 5.73 Å². The summed E-state index contributed by atoms with van der Waals surface area (Å²) in [6.45, 7) is 8.00. The van der Waals surface area contributed by atoms with Gasteiger partial charge in [0.25, 0.3) is 5.91 Å². The Labute approximate surface area is 217 Å². The number of rotatable bonds is 7. The highest BCUT2D eigenvalue weighted by Gasteiger charge is 2.24. The minimum atomic E-state index is -3.32. The molecule has 0 saturated carbocycles. The first-order valence-electron chi connectivity index (χ1n) is 12.1. The Morgan fingerprint density at radius 1 is 1.03 bits per heavy atom. The molecule has 1 fully saturated rings. The molecular weight excluding hydrogens is 490 g/mol. The van der Waals surface area contributed by atoms with Gasteiger partial charge in [-0.15, -0.1) is 10.2 Å². The molecule has 0 bridgehead atoms. The van der Waals surface area contributed by atoms with Crippen LogP contribution in [0.25, 0.3) is 0 Å². The third kappa shape index (κ3) is 6.53. The van der Waals surface area contributed by atoms with Crippen LogP contribution in [0, 0.1) is 0 Å². The van der Waals surface area contributed by atoms with Crippen LogP contribution in [0.15, 0.2) is 53.4 Å². The minimum absolute atomic E-state index is 0.0958. The highest BCUT2D eigenvalue weighted by atomic mass is 32.2. The van der Waals surface area contributed by atoms with Gasteiger partial charge in [0.15, 0.2) is 21.3 Å². The van der Waals surface area contributed by atoms with E-state index in [0.717, 1.165) is 31.3 Å². The van der Waals surface area contributed by atoms with Crippen LogP contribution in [-0.2, 0) is 15.3 Å². The summed E-state index contributed by atoms with van der Waals surface area (Å²) in [7, 11) is -3.32. The van der Waals surface area contributed by atoms with Crippen LogP contribution in [0.4, 0.5) is 23.1 Å². The second-order valence-electron chi connectivity index (χ2n) is 10.4. The molecule has 11 heteroatoms. The number of nitrogens with one attached hydrogen (secondary N) is 2. The average molecular weight is 524 g/mol. The van der Waals surface area contributed by atoms with Crippen LogP contribution in [0.5, 0.6) is 0 Å². The maximum Gasteiger partial charge on any atom is 0.273 e. The van der Waals surface area contributed by atoms with Gasteiger partial charge in [-0.05, 0) is 60.2 Å². The molecule has 10 nitrogen and oxygen atoms in total. The number of amides is 1. The number of nitrogens with two attached hydrogens (primary N) is 1. The van der Waals surface area contributed by atoms with E-state index in [0.29, 0.717) is 18.2 Å². The third-order valence-electron chi connectivity index (χ3n) is 6.28. The molecular formula is C26H33N7O3S. The molecule has 0 spiro atoms. The van der Waals surface area contributed by atoms with Crippen molar-refractivity contribution in [2.75, 3.05) is 34.9 Å². The second kappa shape index (κ2) is 10.3. The van der Waals surface area contributed by atoms with Gasteiger partial charge in [-0.2, -0.15) is 4.98 Å². The van der Waals surface area contributed by atoms with Crippen molar-refractivity contribution >= 4 is 38.9 Å². The lowest BCUT2D eigenvalue weighted by Gasteiger charge is -2.33. The molecule has 1 aromatic heterocycles. The Hall–Kier alpha value is -3.73. The van der Waals surface area contributed by atoms with E-state index in [2.05, 4.69) is 70.9 Å². The number of benzene rings is 2. The standard InChI is InChI=1S/C26H33N7O3S/c1-26(2,3)17-7-9-18(10-8-17)28-20-6-5-15-33(16-20)25-30-24(22(23(27)34)31-32-25)29-19-11-13-21(14-12-19)37(4,35)36/h7-14,20,28H,5-6,15-16H2,1-4H3,(H2,27,34)(H,29,30,32). The quantitative estimate of drug-likeness (QED) is 0.424. The number of primary amides is 1. The zero-order valence-electron chi connectivity index (χ0n) is 21.5. The predicted octanol–water partition coefficient (Wildman–Crippen LogP) is 3.50. The van der Waals surface area contributed by atoms with Crippen molar-refractivity contribution in [3.05, 3.63) is 59.8 Å². The molecule has 4 rings (SSSR count). The Morgan fingerprint density at radius 2 is 1.68 bits per heavy atom. The van der Waals surface area contributed by atoms with E-state index in [-0.39, 0.29) is 27.9 Å². The summed E-state index contributed by atoms with van der Waals surface area (Å²) < 4.78 is 23.5. The maximum absolute atomic E-state index is 12.0. The molecule has 1 amide bonds. The molecule has 37 heavy (non-hydrogen) atoms. The van der Waals surface area contributed by atoms with Crippen molar-refractivity contribution in [1.82, 2.24) is 15.2 Å². The number of nitrogens with zero attached hydrogens (tertiary/aromatic N) is 4. The second-order valence-corrected chi connectivity index (χ2v) is 12.4. The summed E-state index contributed by atoms with van der Waals surface area (Å²) >= 11 is 0. The summed E-state index contributed by atoms with van der Waals surface area (Å²) in [4.78, 5) is 18.7. The van der Waals surface area contributed by atoms with Gasteiger partial charge in [0.05, 0.1) is 4.90 Å². The van der Waals surface area contributed by atoms with Gasteiger partial charge in [0.2, 0.25) is 5.95 Å². The fourth-order valence-corrected chi connectivity index (χ4v) is 4.84. The Bertz CT molecular complexity index is 1370. The minimum Gasteiger partial charge on any atom is -0.381 e. The number of sulfone groups is 1. The van der Waals surface area contributed by atoms with Gasteiger partial charge in [0, 0.05) is 36.8 Å². The van der Waals surface area contributed by atoms with Crippen molar-refractivity contribution < 1.29 is 13.2 Å². The number of hydrogen-bond donors (Lipinski definition) is 3. The number of carbonyl (C=O) groups excluding carboxylic acids is 1. The monoisotopic (exact) mass is 523 g/mol. The van der Waals surface area contributed by atoms with E-state index < -0.39 is 15.7 Å². The van der Waals surface area contributed by atoms with Gasteiger partial charge in [0.1, 0.15) is 0 Å². The highest BCUT2D eigenvalue weighted by molar-refractivity contribution is 7.90. The highest BCUT2D eigenvalue weighted by Crippen LogP contribution is 2.26. The van der Waals surface area contributed by atoms with E-state index in [1.54, 1.807) is 12.1 Å². The Morgan fingerprint density at radius 3 is 2.27 bits per heavy atom. The van der Waals surface area contributed by atoms with E-state index in [9.17, 15) is 13.2 Å². The Balaban J connectivity index is 1.51. The van der Waals surface area contributed by atoms with E-state index in [1.165, 1.54) is 17.7 Å². The zero-order chi connectivity index (χ0) is 26.8. The lowest BCUT2D eigenvalue weighted by Crippen LogP contribution is -2.43. The van der Waals surface area contributed by atoms with Gasteiger partial charge in [-0.25, -0.2) is 8.42 Å². The van der Waals surface area contributed by atoms with Gasteiger partial charge < -0.3 is 21.3 Å². The molecule has 3 aromatic rings. The first-order valence-corrected chi connectivity index (χ1v) is 14.0. The van der Waals surface area contributed by atoms with E-state index in [1.807, 2.05) is 4.90 Å². The molecule has 0 aliphatic carbocycles. The largest absolute Gasteiger partial charge is 0.381 e. The van der Waals surface area contributed by atoms with Crippen molar-refractivity contribution in [2.45, 2.75) is 50.0 Å². The summed E-state index contributed by atoms with van der Waals surface area (Å²) in [6, 6.07) is 14.8. The molecule has 4 N–H and O–H groups in total. The van der Waals surface area contributed by atoms with Crippen LogP contribution < -0.4 is 21.3 Å². The van der Waals surface area contributed by atoms with Crippen molar-refractivity contribution in [1.29, 1.82) is 0 Å². The fourth-order valence-electron chi connectivity index (χ4n) is 4.21. The maximum atomic E-state index is 12.0. The SMILES string of the molecule is CC(C)(C)c1ccc(NC2CCCN(c3nnc(C(N)=O)c(Nc4ccc(S(C)(=O)=O)cc4)n3)C2)cc1. The third-order valence-corrected chi connectivity index (χ3v) is 7.41. The fraction of sp³-hybridized carbons (Fsp3) is 0.385. The van der Waals surface area contributed by atoms with Crippen LogP contribution in [0.3, 0.4) is 0 Å². The normalized spacial score (nSPS) is 16.3. The van der Waals surface area contributed by atoms with Gasteiger partial charge in [-0.1, -0.05) is 32.9 Å². The number of anilines is 4. The van der Waals surface area contributed by atoms with Gasteiger partial charge in [-0.3, -0.25) is 4.79 Å². The summed E-state index contributed by atoms with van der Waals surface area (Å²) in [5.41, 5.74) is 8.38. The van der Waals surface area contributed by atoms with Crippen LogP contribution >= 0.6 is 0 Å². The molecule has 1 atom stereocenters. The average Bonchev–Trinajstić information content (AvgIpc) is 2.83. The molecule has 2 aromatic carbocycles. The molecule has 1 aliphatic rings. The summed E-state index contributed by atoms with van der Waals surface area (Å²) in [5, 5.41) is 14.8. The van der Waals surface area contributed by atoms with Crippen LogP contribution in [-0.4, -0.2) is 54.9 Å². The number of carbonyl (C=O) groups is 1. The number of aromatic nitrogens is 3. The van der Waals surface area contributed by atoms with Gasteiger partial charge >= 0.3 is 0 Å². The van der Waals surface area contributed by atoms with Crippen molar-refractivity contribution in [2.24, 2.45) is 5.73 Å². The molecule has 2 heterocycles. The Kier molecular flexibility index (Phi) is 7.35. The lowest BCUT2D eigenvalue weighted by molar-refractivity contribution is 0.0995. The van der Waals surface area contributed by atoms with Crippen molar-refractivity contribution in [3.63, 3.8) is 0 Å². The zero-order valence-corrected chi connectivity index (χ0v) is 22.3. The van der Waals surface area contributed by atoms with Crippen molar-refractivity contribution in [3.8, 4) is 0 Å². The van der Waals surface area contributed by atoms with Crippen LogP contribution in [0.2, 0.25) is 0 Å². The molecule has 0 radical (unpaired) electrons. The smallest absolute Gasteiger partial charge is 0.273 e. The molecule has 1 saturated heterocycles. The van der Waals surface area contributed by atoms with E-state index >= 15 is 0 Å². The predicted molar refractivity (Wildman–Crippen MR) is 145 cm³/mol. The molecule has 196 valence electrons.